The summed E-state index contributed by atoms with van der Waals surface area (Å²) in [5, 5.41) is 8.08. The Morgan fingerprint density at radius 3 is 2.61 bits per heavy atom. The zero-order valence-corrected chi connectivity index (χ0v) is 16.9. The lowest BCUT2D eigenvalue weighted by Gasteiger charge is -2.39. The van der Waals surface area contributed by atoms with Gasteiger partial charge in [0.05, 0.1) is 12.8 Å². The quantitative estimate of drug-likeness (QED) is 0.525. The first-order chi connectivity index (χ1) is 15.3. The molecule has 6 rings (SSSR count). The molecular weight excluding hydrogens is 388 g/mol. The summed E-state index contributed by atoms with van der Waals surface area (Å²) in [6.45, 7) is 0. The van der Waals surface area contributed by atoms with E-state index in [0.29, 0.717) is 5.95 Å². The molecule has 0 radical (unpaired) electrons. The minimum absolute atomic E-state index is 0.192. The van der Waals surface area contributed by atoms with E-state index in [-0.39, 0.29) is 12.1 Å². The third-order valence-corrected chi connectivity index (χ3v) is 5.83. The fourth-order valence-corrected chi connectivity index (χ4v) is 4.45. The van der Waals surface area contributed by atoms with Crippen LogP contribution in [0.3, 0.4) is 0 Å². The fraction of sp³-hybridized carbons (Fsp3) is 0.120. The van der Waals surface area contributed by atoms with Gasteiger partial charge >= 0.3 is 0 Å². The van der Waals surface area contributed by atoms with E-state index in [1.807, 2.05) is 53.2 Å². The van der Waals surface area contributed by atoms with Crippen LogP contribution >= 0.6 is 0 Å². The Labute approximate surface area is 179 Å². The molecule has 0 fully saturated rings. The Bertz CT molecular complexity index is 1300. The van der Waals surface area contributed by atoms with Crippen molar-refractivity contribution in [1.82, 2.24) is 14.8 Å². The molecule has 0 bridgehead atoms. The number of ether oxygens (including phenoxy) is 2. The Kier molecular flexibility index (Phi) is 4.02. The summed E-state index contributed by atoms with van der Waals surface area (Å²) in [6.07, 6.45) is 1.31. The number of nitrogens with one attached hydrogen (secondary N) is 1. The highest BCUT2D eigenvalue weighted by Crippen LogP contribution is 2.50. The van der Waals surface area contributed by atoms with Crippen molar-refractivity contribution < 1.29 is 9.47 Å². The topological polar surface area (TPSA) is 61.2 Å². The highest BCUT2D eigenvalue weighted by Gasteiger charge is 2.40. The molecule has 2 aliphatic rings. The zero-order chi connectivity index (χ0) is 20.8. The fourth-order valence-electron chi connectivity index (χ4n) is 4.45. The highest BCUT2D eigenvalue weighted by atomic mass is 16.5. The maximum atomic E-state index is 6.60. The third kappa shape index (κ3) is 2.79. The first-order valence-corrected chi connectivity index (χ1v) is 10.2. The molecule has 0 saturated heterocycles. The normalized spacial score (nSPS) is 18.9. The first kappa shape index (κ1) is 17.8. The molecule has 4 aromatic rings. The number of methoxy groups -OCH3 is 1. The minimum Gasteiger partial charge on any atom is -0.497 e. The van der Waals surface area contributed by atoms with E-state index in [4.69, 9.17) is 9.47 Å². The minimum atomic E-state index is -0.271. The number of rotatable bonds is 3. The van der Waals surface area contributed by atoms with E-state index >= 15 is 0 Å². The summed E-state index contributed by atoms with van der Waals surface area (Å²) in [4.78, 5) is 4.47. The van der Waals surface area contributed by atoms with E-state index in [1.54, 1.807) is 13.4 Å². The van der Waals surface area contributed by atoms with Crippen LogP contribution in [0.1, 0.15) is 28.8 Å². The smallest absolute Gasteiger partial charge is 0.226 e. The molecule has 0 spiro atoms. The molecule has 3 heterocycles. The molecule has 1 aromatic heterocycles. The van der Waals surface area contributed by atoms with Crippen molar-refractivity contribution in [3.05, 3.63) is 107 Å². The molecule has 0 aliphatic carbocycles. The molecule has 6 nitrogen and oxygen atoms in total. The maximum absolute atomic E-state index is 6.60. The number of anilines is 1. The Balaban J connectivity index is 1.63. The molecule has 31 heavy (non-hydrogen) atoms. The van der Waals surface area contributed by atoms with Gasteiger partial charge in [-0.1, -0.05) is 54.6 Å². The second-order valence-electron chi connectivity index (χ2n) is 7.57. The molecule has 2 atom stereocenters. The highest BCUT2D eigenvalue weighted by molar-refractivity contribution is 5.85. The Morgan fingerprint density at radius 1 is 0.935 bits per heavy atom. The van der Waals surface area contributed by atoms with Gasteiger partial charge in [-0.15, -0.1) is 0 Å². The van der Waals surface area contributed by atoms with Gasteiger partial charge in [0.25, 0.3) is 0 Å². The van der Waals surface area contributed by atoms with Gasteiger partial charge in [-0.3, -0.25) is 0 Å². The van der Waals surface area contributed by atoms with Gasteiger partial charge in [0.1, 0.15) is 30.0 Å². The van der Waals surface area contributed by atoms with Crippen molar-refractivity contribution in [3.63, 3.8) is 0 Å². The predicted molar refractivity (Wildman–Crippen MR) is 118 cm³/mol. The number of hydrogen-bond acceptors (Lipinski definition) is 5. The largest absolute Gasteiger partial charge is 0.497 e. The lowest BCUT2D eigenvalue weighted by Crippen LogP contribution is -2.32. The molecule has 1 N–H and O–H groups in total. The maximum Gasteiger partial charge on any atom is 0.226 e. The van der Waals surface area contributed by atoms with Crippen LogP contribution in [0.5, 0.6) is 11.5 Å². The van der Waals surface area contributed by atoms with Gasteiger partial charge in [0.15, 0.2) is 0 Å². The van der Waals surface area contributed by atoms with Gasteiger partial charge in [-0.2, -0.15) is 10.1 Å². The van der Waals surface area contributed by atoms with Crippen molar-refractivity contribution in [3.8, 4) is 11.5 Å². The van der Waals surface area contributed by atoms with Gasteiger partial charge < -0.3 is 14.8 Å². The van der Waals surface area contributed by atoms with Gasteiger partial charge in [0.2, 0.25) is 5.95 Å². The van der Waals surface area contributed by atoms with Crippen LogP contribution in [0, 0.1) is 0 Å². The average Bonchev–Trinajstić information content (AvgIpc) is 3.31. The van der Waals surface area contributed by atoms with Crippen LogP contribution in [-0.2, 0) is 0 Å². The van der Waals surface area contributed by atoms with Crippen molar-refractivity contribution in [2.45, 2.75) is 12.1 Å². The van der Waals surface area contributed by atoms with Gasteiger partial charge in [-0.05, 0) is 35.4 Å². The second-order valence-corrected chi connectivity index (χ2v) is 7.57. The monoisotopic (exact) mass is 408 g/mol. The molecule has 2 unspecified atom stereocenters. The molecule has 0 amide bonds. The second kappa shape index (κ2) is 7.02. The number of fused-ring (bicyclic) bond motifs is 3. The van der Waals surface area contributed by atoms with Crippen LogP contribution in [0.25, 0.3) is 5.70 Å². The Hall–Kier alpha value is -4.06. The summed E-state index contributed by atoms with van der Waals surface area (Å²) in [7, 11) is 1.68. The predicted octanol–water partition coefficient (Wildman–Crippen LogP) is 4.85. The molecule has 2 aliphatic heterocycles. The van der Waals surface area contributed by atoms with Gasteiger partial charge in [0, 0.05) is 11.1 Å². The summed E-state index contributed by atoms with van der Waals surface area (Å²) in [5.74, 6) is 2.35. The third-order valence-electron chi connectivity index (χ3n) is 5.83. The van der Waals surface area contributed by atoms with E-state index in [1.165, 1.54) is 0 Å². The molecule has 6 heteroatoms. The van der Waals surface area contributed by atoms with E-state index < -0.39 is 0 Å². The first-order valence-electron chi connectivity index (χ1n) is 10.2. The standard InChI is InChI=1S/C25H20N4O2/c1-30-18-11-7-10-17(14-18)23-21-22(28-25-26-15-27-29(23)25)19-12-5-6-13-20(19)31-24(21)16-8-3-2-4-9-16/h2-15,23-24H,1H3,(H,26,27,28). The molecule has 152 valence electrons. The number of nitrogens with zero attached hydrogens (tertiary/aromatic N) is 3. The summed E-state index contributed by atoms with van der Waals surface area (Å²) in [6, 6.07) is 26.3. The average molecular weight is 408 g/mol. The van der Waals surface area contributed by atoms with Crippen LogP contribution in [-0.4, -0.2) is 21.9 Å². The lowest BCUT2D eigenvalue weighted by atomic mass is 9.84. The van der Waals surface area contributed by atoms with E-state index in [2.05, 4.69) is 45.7 Å². The Morgan fingerprint density at radius 2 is 1.74 bits per heavy atom. The molecule has 0 saturated carbocycles. The van der Waals surface area contributed by atoms with Crippen LogP contribution in [0.4, 0.5) is 5.95 Å². The molecule has 3 aromatic carbocycles. The van der Waals surface area contributed by atoms with Crippen molar-refractivity contribution >= 4 is 11.6 Å². The number of para-hydroxylation sites is 1. The number of benzene rings is 3. The summed E-state index contributed by atoms with van der Waals surface area (Å²) in [5.41, 5.74) is 5.28. The van der Waals surface area contributed by atoms with Crippen LogP contribution < -0.4 is 14.8 Å². The number of hydrogen-bond donors (Lipinski definition) is 1. The summed E-state index contributed by atoms with van der Waals surface area (Å²) >= 11 is 0. The zero-order valence-electron chi connectivity index (χ0n) is 16.9. The molecular formula is C25H20N4O2. The number of aromatic nitrogens is 3. The van der Waals surface area contributed by atoms with E-state index in [0.717, 1.165) is 39.5 Å². The van der Waals surface area contributed by atoms with Crippen LogP contribution in [0.2, 0.25) is 0 Å². The SMILES string of the molecule is COc1cccc(C2C3=C(Nc4ncnn42)c2ccccc2OC3c2ccccc2)c1. The lowest BCUT2D eigenvalue weighted by molar-refractivity contribution is 0.223. The van der Waals surface area contributed by atoms with Crippen molar-refractivity contribution in [2.24, 2.45) is 0 Å². The van der Waals surface area contributed by atoms with Crippen LogP contribution in [0.15, 0.2) is 90.8 Å². The summed E-state index contributed by atoms with van der Waals surface area (Å²) < 4.78 is 14.0. The van der Waals surface area contributed by atoms with Crippen molar-refractivity contribution in [1.29, 1.82) is 0 Å². The van der Waals surface area contributed by atoms with Gasteiger partial charge in [-0.25, -0.2) is 4.68 Å². The van der Waals surface area contributed by atoms with Crippen molar-refractivity contribution in [2.75, 3.05) is 12.4 Å². The van der Waals surface area contributed by atoms with E-state index in [9.17, 15) is 0 Å².